The van der Waals surface area contributed by atoms with E-state index in [1.54, 1.807) is 24.7 Å². The quantitative estimate of drug-likeness (QED) is 0.119. The molecule has 0 aliphatic carbocycles. The highest BCUT2D eigenvalue weighted by atomic mass is 32.1. The van der Waals surface area contributed by atoms with Crippen LogP contribution < -0.4 is 4.90 Å². The maximum Gasteiger partial charge on any atom is 0.261 e. The Labute approximate surface area is 332 Å². The Balaban J connectivity index is 0.831. The number of imidazole rings is 1. The minimum absolute atomic E-state index is 0.241. The lowest BCUT2D eigenvalue weighted by Gasteiger charge is -2.37. The summed E-state index contributed by atoms with van der Waals surface area (Å²) in [5, 5.41) is 3.25. The monoisotopic (exact) mass is 772 g/mol. The predicted molar refractivity (Wildman–Crippen MR) is 222 cm³/mol. The van der Waals surface area contributed by atoms with Crippen LogP contribution in [-0.2, 0) is 0 Å². The number of rotatable bonds is 15. The summed E-state index contributed by atoms with van der Waals surface area (Å²) in [5.41, 5.74) is 4.18. The summed E-state index contributed by atoms with van der Waals surface area (Å²) in [6, 6.07) is 19.1. The zero-order valence-corrected chi connectivity index (χ0v) is 33.0. The Morgan fingerprint density at radius 1 is 0.607 bits per heavy atom. The minimum Gasteiger partial charge on any atom is -0.368 e. The van der Waals surface area contributed by atoms with Gasteiger partial charge in [-0.05, 0) is 88.7 Å². The fourth-order valence-electron chi connectivity index (χ4n) is 8.45. The Hall–Kier alpha value is -5.08. The van der Waals surface area contributed by atoms with Crippen LogP contribution >= 0.6 is 12.6 Å². The van der Waals surface area contributed by atoms with Crippen LogP contribution in [0.1, 0.15) is 54.3 Å². The number of imide groups is 2. The van der Waals surface area contributed by atoms with E-state index in [0.29, 0.717) is 47.3 Å². The van der Waals surface area contributed by atoms with Crippen LogP contribution in [0.15, 0.2) is 79.4 Å². The van der Waals surface area contributed by atoms with Crippen LogP contribution in [0.5, 0.6) is 0 Å². The van der Waals surface area contributed by atoms with E-state index in [1.165, 1.54) is 9.80 Å². The van der Waals surface area contributed by atoms with Crippen molar-refractivity contribution in [2.24, 2.45) is 0 Å². The van der Waals surface area contributed by atoms with Gasteiger partial charge in [-0.1, -0.05) is 24.3 Å². The SMILES string of the molecule is CN(CCCN(C)CCN1C(=O)c2cccc3c(-n4ccnc4)ccc(c23)C1=O)CCN1C(=O)c2cccc3c(N4CCN(CCCS)CC4)ccc(c23)C1=O. The van der Waals surface area contributed by atoms with Crippen molar-refractivity contribution in [3.8, 4) is 5.69 Å². The van der Waals surface area contributed by atoms with Gasteiger partial charge in [0.15, 0.2) is 0 Å². The van der Waals surface area contributed by atoms with Crippen molar-refractivity contribution in [3.63, 3.8) is 0 Å². The molecule has 56 heavy (non-hydrogen) atoms. The summed E-state index contributed by atoms with van der Waals surface area (Å²) in [6.45, 7) is 8.01. The number of carbonyl (C=O) groups excluding carboxylic acids is 4. The summed E-state index contributed by atoms with van der Waals surface area (Å²) in [6.07, 6.45) is 7.17. The van der Waals surface area contributed by atoms with Crippen molar-refractivity contribution in [1.29, 1.82) is 0 Å². The molecule has 0 atom stereocenters. The van der Waals surface area contributed by atoms with E-state index in [1.807, 2.05) is 67.3 Å². The zero-order chi connectivity index (χ0) is 38.9. The van der Waals surface area contributed by atoms with Crippen molar-refractivity contribution < 1.29 is 19.2 Å². The van der Waals surface area contributed by atoms with E-state index in [4.69, 9.17) is 0 Å². The second-order valence-electron chi connectivity index (χ2n) is 15.1. The smallest absolute Gasteiger partial charge is 0.261 e. The normalized spacial score (nSPS) is 16.1. The van der Waals surface area contributed by atoms with E-state index < -0.39 is 0 Å². The molecule has 290 valence electrons. The largest absolute Gasteiger partial charge is 0.368 e. The maximum absolute atomic E-state index is 13.8. The highest BCUT2D eigenvalue weighted by molar-refractivity contribution is 7.80. The Morgan fingerprint density at radius 3 is 1.64 bits per heavy atom. The predicted octanol–water partition coefficient (Wildman–Crippen LogP) is 4.77. The Morgan fingerprint density at radius 2 is 1.12 bits per heavy atom. The first-order valence-electron chi connectivity index (χ1n) is 19.5. The molecule has 8 rings (SSSR count). The van der Waals surface area contributed by atoms with Gasteiger partial charge in [-0.15, -0.1) is 0 Å². The molecule has 5 aromatic rings. The molecular weight excluding hydrogens is 725 g/mol. The average Bonchev–Trinajstić information content (AvgIpc) is 3.76. The lowest BCUT2D eigenvalue weighted by molar-refractivity contribution is 0.0585. The number of piperazine rings is 1. The molecule has 4 amide bonds. The highest BCUT2D eigenvalue weighted by Crippen LogP contribution is 2.37. The molecule has 0 saturated carbocycles. The van der Waals surface area contributed by atoms with Crippen LogP contribution in [0.4, 0.5) is 5.69 Å². The number of aromatic nitrogens is 2. The molecule has 4 heterocycles. The lowest BCUT2D eigenvalue weighted by Crippen LogP contribution is -2.47. The molecule has 0 spiro atoms. The third kappa shape index (κ3) is 7.08. The first kappa shape index (κ1) is 37.8. The molecule has 13 heteroatoms. The van der Waals surface area contributed by atoms with Gasteiger partial charge in [-0.3, -0.25) is 33.9 Å². The molecule has 1 saturated heterocycles. The molecule has 0 N–H and O–H groups in total. The van der Waals surface area contributed by atoms with Crippen molar-refractivity contribution in [2.75, 3.05) is 96.7 Å². The van der Waals surface area contributed by atoms with Gasteiger partial charge in [-0.25, -0.2) is 4.98 Å². The molecule has 4 aromatic carbocycles. The van der Waals surface area contributed by atoms with Gasteiger partial charge in [-0.2, -0.15) is 12.6 Å². The maximum atomic E-state index is 13.8. The molecule has 1 aromatic heterocycles. The Bertz CT molecular complexity index is 2260. The fourth-order valence-corrected chi connectivity index (χ4v) is 8.59. The zero-order valence-electron chi connectivity index (χ0n) is 32.1. The summed E-state index contributed by atoms with van der Waals surface area (Å²) in [4.78, 5) is 70.8. The van der Waals surface area contributed by atoms with Crippen LogP contribution in [0.2, 0.25) is 0 Å². The van der Waals surface area contributed by atoms with E-state index >= 15 is 0 Å². The second kappa shape index (κ2) is 16.2. The average molecular weight is 773 g/mol. The molecule has 0 bridgehead atoms. The topological polar surface area (TPSA) is 106 Å². The van der Waals surface area contributed by atoms with Crippen LogP contribution in [0.25, 0.3) is 27.2 Å². The summed E-state index contributed by atoms with van der Waals surface area (Å²) in [5.74, 6) is -0.149. The second-order valence-corrected chi connectivity index (χ2v) is 15.5. The number of hydrogen-bond donors (Lipinski definition) is 1. The first-order valence-corrected chi connectivity index (χ1v) is 20.2. The summed E-state index contributed by atoms with van der Waals surface area (Å²) >= 11 is 4.36. The van der Waals surface area contributed by atoms with Crippen molar-refractivity contribution in [2.45, 2.75) is 12.8 Å². The van der Waals surface area contributed by atoms with Gasteiger partial charge in [0.05, 0.1) is 12.0 Å². The molecule has 0 unspecified atom stereocenters. The molecule has 3 aliphatic rings. The summed E-state index contributed by atoms with van der Waals surface area (Å²) in [7, 11) is 3.99. The standard InChI is InChI=1S/C43H48N8O4S/c1-45(16-5-17-46(2)21-27-51-41(53)33-10-4-8-31-37(49-19-15-44-29-49)14-12-35(39(31)33)43(51)55)20-26-50-40(52)32-9-3-7-30-36(13-11-34(38(30)32)42(50)54)48-24-22-47(23-25-48)18-6-28-56/h3-4,7-15,19,29,56H,5-6,16-18,20-28H2,1-2H3. The van der Waals surface area contributed by atoms with Crippen molar-refractivity contribution in [3.05, 3.63) is 102 Å². The number of benzene rings is 4. The molecule has 3 aliphatic heterocycles. The fraction of sp³-hybridized carbons (Fsp3) is 0.372. The lowest BCUT2D eigenvalue weighted by atomic mass is 9.92. The first-order chi connectivity index (χ1) is 27.2. The van der Waals surface area contributed by atoms with E-state index in [0.717, 1.165) is 91.9 Å². The Kier molecular flexibility index (Phi) is 10.9. The van der Waals surface area contributed by atoms with Gasteiger partial charge < -0.3 is 19.3 Å². The number of thiol groups is 1. The molecular formula is C43H48N8O4S. The number of nitrogens with zero attached hydrogens (tertiary/aromatic N) is 8. The van der Waals surface area contributed by atoms with Crippen molar-refractivity contribution >= 4 is 63.5 Å². The number of anilines is 1. The third-order valence-corrected chi connectivity index (χ3v) is 11.9. The van der Waals surface area contributed by atoms with Gasteiger partial charge in [0, 0.05) is 114 Å². The van der Waals surface area contributed by atoms with E-state index in [9.17, 15) is 19.2 Å². The summed E-state index contributed by atoms with van der Waals surface area (Å²) < 4.78 is 1.88. The number of hydrogen-bond acceptors (Lipinski definition) is 10. The third-order valence-electron chi connectivity index (χ3n) is 11.6. The van der Waals surface area contributed by atoms with E-state index in [2.05, 4.69) is 43.3 Å². The van der Waals surface area contributed by atoms with Crippen molar-refractivity contribution in [1.82, 2.24) is 34.1 Å². The number of amides is 4. The van der Waals surface area contributed by atoms with E-state index in [-0.39, 0.29) is 30.2 Å². The van der Waals surface area contributed by atoms with Crippen LogP contribution in [-0.4, -0.2) is 150 Å². The highest BCUT2D eigenvalue weighted by Gasteiger charge is 2.35. The molecule has 12 nitrogen and oxygen atoms in total. The van der Waals surface area contributed by atoms with Gasteiger partial charge in [0.1, 0.15) is 0 Å². The number of likely N-dealkylation sites (N-methyl/N-ethyl adjacent to an activating group) is 2. The molecule has 0 radical (unpaired) electrons. The molecule has 1 fully saturated rings. The van der Waals surface area contributed by atoms with Gasteiger partial charge >= 0.3 is 0 Å². The van der Waals surface area contributed by atoms with Crippen LogP contribution in [0, 0.1) is 0 Å². The number of carbonyl (C=O) groups is 4. The minimum atomic E-state index is -0.278. The van der Waals surface area contributed by atoms with Gasteiger partial charge in [0.2, 0.25) is 0 Å². The van der Waals surface area contributed by atoms with Gasteiger partial charge in [0.25, 0.3) is 23.6 Å². The van der Waals surface area contributed by atoms with Crippen LogP contribution in [0.3, 0.4) is 0 Å².